The average Bonchev–Trinajstić information content (AvgIpc) is 2.68. The van der Waals surface area contributed by atoms with Gasteiger partial charge in [-0.25, -0.2) is 4.79 Å². The van der Waals surface area contributed by atoms with Gasteiger partial charge in [0.1, 0.15) is 0 Å². The zero-order valence-electron chi connectivity index (χ0n) is 15.5. The second kappa shape index (κ2) is 8.44. The van der Waals surface area contributed by atoms with Gasteiger partial charge in [0, 0.05) is 42.9 Å². The number of urea groups is 1. The van der Waals surface area contributed by atoms with E-state index in [0.717, 1.165) is 55.7 Å². The van der Waals surface area contributed by atoms with Gasteiger partial charge in [-0.1, -0.05) is 46.3 Å². The number of carbonyl (C=O) groups is 1. The Morgan fingerprint density at radius 3 is 2.81 bits per heavy atom. The zero-order valence-corrected chi connectivity index (χ0v) is 17.1. The van der Waals surface area contributed by atoms with Crippen molar-refractivity contribution in [3.05, 3.63) is 64.1 Å². The third-order valence-electron chi connectivity index (χ3n) is 5.61. The van der Waals surface area contributed by atoms with Crippen LogP contribution in [0.3, 0.4) is 0 Å². The summed E-state index contributed by atoms with van der Waals surface area (Å²) in [6.07, 6.45) is 3.43. The summed E-state index contributed by atoms with van der Waals surface area (Å²) >= 11 is 3.45. The van der Waals surface area contributed by atoms with Gasteiger partial charge in [0.25, 0.3) is 0 Å². The number of halogens is 1. The van der Waals surface area contributed by atoms with E-state index in [-0.39, 0.29) is 6.03 Å². The smallest absolute Gasteiger partial charge is 0.321 e. The lowest BCUT2D eigenvalue weighted by Crippen LogP contribution is -2.46. The van der Waals surface area contributed by atoms with Crippen LogP contribution in [0.4, 0.5) is 10.5 Å². The molecule has 2 aromatic carbocycles. The molecule has 1 atom stereocenters. The van der Waals surface area contributed by atoms with E-state index in [9.17, 15) is 4.79 Å². The van der Waals surface area contributed by atoms with Gasteiger partial charge in [-0.3, -0.25) is 4.90 Å². The van der Waals surface area contributed by atoms with Crippen LogP contribution in [-0.4, -0.2) is 42.0 Å². The standard InChI is InChI=1S/C22H26BrN3O/c23-20-8-3-9-21(13-20)24-22(27)26-11-4-5-17(15-26)14-25-12-10-18-6-1-2-7-19(18)16-25/h1-3,6-9,13,17H,4-5,10-12,14-16H2,(H,24,27). The Morgan fingerprint density at radius 2 is 1.96 bits per heavy atom. The number of piperidine rings is 1. The Bertz CT molecular complexity index is 810. The van der Waals surface area contributed by atoms with Crippen LogP contribution in [0.1, 0.15) is 24.0 Å². The largest absolute Gasteiger partial charge is 0.324 e. The van der Waals surface area contributed by atoms with E-state index >= 15 is 0 Å². The topological polar surface area (TPSA) is 35.6 Å². The lowest BCUT2D eigenvalue weighted by Gasteiger charge is -2.37. The highest BCUT2D eigenvalue weighted by Gasteiger charge is 2.26. The Hall–Kier alpha value is -1.85. The number of nitrogens with zero attached hydrogens (tertiary/aromatic N) is 2. The predicted octanol–water partition coefficient (Wildman–Crippen LogP) is 4.75. The summed E-state index contributed by atoms with van der Waals surface area (Å²) in [6, 6.07) is 16.5. The molecule has 2 amide bonds. The summed E-state index contributed by atoms with van der Waals surface area (Å²) in [5.41, 5.74) is 3.79. The van der Waals surface area contributed by atoms with Crippen molar-refractivity contribution in [2.45, 2.75) is 25.8 Å². The third-order valence-corrected chi connectivity index (χ3v) is 6.10. The fourth-order valence-corrected chi connectivity index (χ4v) is 4.64. The molecule has 0 aliphatic carbocycles. The maximum Gasteiger partial charge on any atom is 0.321 e. The maximum atomic E-state index is 12.7. The zero-order chi connectivity index (χ0) is 18.6. The Balaban J connectivity index is 1.32. The van der Waals surface area contributed by atoms with E-state index in [4.69, 9.17) is 0 Å². The van der Waals surface area contributed by atoms with Crippen molar-refractivity contribution in [3.8, 4) is 0 Å². The number of likely N-dealkylation sites (tertiary alicyclic amines) is 1. The molecule has 2 aliphatic rings. The van der Waals surface area contributed by atoms with Crippen LogP contribution >= 0.6 is 15.9 Å². The molecule has 1 unspecified atom stereocenters. The molecule has 2 aliphatic heterocycles. The van der Waals surface area contributed by atoms with Crippen molar-refractivity contribution in [1.29, 1.82) is 0 Å². The van der Waals surface area contributed by atoms with E-state index in [0.29, 0.717) is 5.92 Å². The molecule has 2 aromatic rings. The molecule has 142 valence electrons. The van der Waals surface area contributed by atoms with Gasteiger partial charge in [-0.05, 0) is 54.5 Å². The molecule has 0 radical (unpaired) electrons. The molecular weight excluding hydrogens is 402 g/mol. The van der Waals surface area contributed by atoms with Crippen LogP contribution in [0, 0.1) is 5.92 Å². The van der Waals surface area contributed by atoms with E-state index in [1.165, 1.54) is 17.5 Å². The first-order chi connectivity index (χ1) is 13.2. The highest BCUT2D eigenvalue weighted by molar-refractivity contribution is 9.10. The number of anilines is 1. The lowest BCUT2D eigenvalue weighted by molar-refractivity contribution is 0.140. The van der Waals surface area contributed by atoms with Crippen LogP contribution in [-0.2, 0) is 13.0 Å². The predicted molar refractivity (Wildman–Crippen MR) is 113 cm³/mol. The van der Waals surface area contributed by atoms with E-state index in [2.05, 4.69) is 50.4 Å². The van der Waals surface area contributed by atoms with Crippen molar-refractivity contribution in [3.63, 3.8) is 0 Å². The summed E-state index contributed by atoms with van der Waals surface area (Å²) < 4.78 is 0.974. The Labute approximate surface area is 169 Å². The summed E-state index contributed by atoms with van der Waals surface area (Å²) in [5.74, 6) is 0.553. The van der Waals surface area contributed by atoms with E-state index in [1.807, 2.05) is 29.2 Å². The first-order valence-electron chi connectivity index (χ1n) is 9.78. The Morgan fingerprint density at radius 1 is 1.11 bits per heavy atom. The van der Waals surface area contributed by atoms with Crippen molar-refractivity contribution in [2.75, 3.05) is 31.5 Å². The second-order valence-electron chi connectivity index (χ2n) is 7.65. The maximum absolute atomic E-state index is 12.7. The van der Waals surface area contributed by atoms with Gasteiger partial charge in [0.15, 0.2) is 0 Å². The molecule has 4 rings (SSSR count). The molecule has 1 N–H and O–H groups in total. The summed E-state index contributed by atoms with van der Waals surface area (Å²) in [7, 11) is 0. The summed E-state index contributed by atoms with van der Waals surface area (Å²) in [5, 5.41) is 3.03. The van der Waals surface area contributed by atoms with Gasteiger partial charge >= 0.3 is 6.03 Å². The van der Waals surface area contributed by atoms with Crippen molar-refractivity contribution in [1.82, 2.24) is 9.80 Å². The number of benzene rings is 2. The first kappa shape index (κ1) is 18.5. The minimum Gasteiger partial charge on any atom is -0.324 e. The van der Waals surface area contributed by atoms with Crippen LogP contribution in [0.5, 0.6) is 0 Å². The van der Waals surface area contributed by atoms with Gasteiger partial charge in [0.05, 0.1) is 0 Å². The number of carbonyl (C=O) groups excluding carboxylic acids is 1. The lowest BCUT2D eigenvalue weighted by atomic mass is 9.95. The molecule has 0 aromatic heterocycles. The molecule has 2 heterocycles. The molecule has 4 nitrogen and oxygen atoms in total. The van der Waals surface area contributed by atoms with Crippen LogP contribution < -0.4 is 5.32 Å². The number of hydrogen-bond acceptors (Lipinski definition) is 2. The first-order valence-corrected chi connectivity index (χ1v) is 10.6. The number of nitrogens with one attached hydrogen (secondary N) is 1. The van der Waals surface area contributed by atoms with Gasteiger partial charge in [0.2, 0.25) is 0 Å². The number of fused-ring (bicyclic) bond motifs is 1. The second-order valence-corrected chi connectivity index (χ2v) is 8.56. The summed E-state index contributed by atoms with van der Waals surface area (Å²) in [6.45, 7) is 4.93. The quantitative estimate of drug-likeness (QED) is 0.766. The van der Waals surface area contributed by atoms with Crippen LogP contribution in [0.15, 0.2) is 53.0 Å². The SMILES string of the molecule is O=C(Nc1cccc(Br)c1)N1CCCC(CN2CCc3ccccc3C2)C1. The molecular formula is C22H26BrN3O. The van der Waals surface area contributed by atoms with Crippen molar-refractivity contribution >= 4 is 27.6 Å². The minimum absolute atomic E-state index is 0.0155. The Kier molecular flexibility index (Phi) is 5.79. The van der Waals surface area contributed by atoms with Crippen LogP contribution in [0.25, 0.3) is 0 Å². The molecule has 0 spiro atoms. The van der Waals surface area contributed by atoms with Crippen LogP contribution in [0.2, 0.25) is 0 Å². The molecule has 1 fully saturated rings. The van der Waals surface area contributed by atoms with E-state index < -0.39 is 0 Å². The molecule has 1 saturated heterocycles. The summed E-state index contributed by atoms with van der Waals surface area (Å²) in [4.78, 5) is 17.2. The molecule has 0 bridgehead atoms. The highest BCUT2D eigenvalue weighted by Crippen LogP contribution is 2.24. The number of rotatable bonds is 3. The van der Waals surface area contributed by atoms with Crippen molar-refractivity contribution < 1.29 is 4.79 Å². The normalized spacial score (nSPS) is 20.2. The van der Waals surface area contributed by atoms with E-state index in [1.54, 1.807) is 0 Å². The minimum atomic E-state index is 0.0155. The third kappa shape index (κ3) is 4.71. The highest BCUT2D eigenvalue weighted by atomic mass is 79.9. The number of hydrogen-bond donors (Lipinski definition) is 1. The fraction of sp³-hybridized carbons (Fsp3) is 0.409. The average molecular weight is 428 g/mol. The molecule has 27 heavy (non-hydrogen) atoms. The fourth-order valence-electron chi connectivity index (χ4n) is 4.24. The molecule has 0 saturated carbocycles. The van der Waals surface area contributed by atoms with Crippen molar-refractivity contribution in [2.24, 2.45) is 5.92 Å². The van der Waals surface area contributed by atoms with Gasteiger partial charge < -0.3 is 10.2 Å². The van der Waals surface area contributed by atoms with Gasteiger partial charge in [-0.2, -0.15) is 0 Å². The monoisotopic (exact) mass is 427 g/mol. The number of amides is 2. The van der Waals surface area contributed by atoms with Gasteiger partial charge in [-0.15, -0.1) is 0 Å². The molecule has 5 heteroatoms.